The topological polar surface area (TPSA) is 64.1 Å². The Labute approximate surface area is 100 Å². The molecule has 2 heterocycles. The summed E-state index contributed by atoms with van der Waals surface area (Å²) in [5.74, 6) is 1.81. The molecule has 0 amide bonds. The third-order valence-corrected chi connectivity index (χ3v) is 2.33. The Hall–Kier alpha value is -1.62. The zero-order chi connectivity index (χ0) is 12.1. The molecule has 0 radical (unpaired) electrons. The van der Waals surface area contributed by atoms with Gasteiger partial charge in [0, 0.05) is 12.5 Å². The van der Waals surface area contributed by atoms with Gasteiger partial charge < -0.3 is 14.3 Å². The summed E-state index contributed by atoms with van der Waals surface area (Å²) in [4.78, 5) is 4.27. The van der Waals surface area contributed by atoms with Crippen LogP contribution in [0.3, 0.4) is 0 Å². The summed E-state index contributed by atoms with van der Waals surface area (Å²) in [5, 5.41) is 7.21. The molecule has 2 rings (SSSR count). The van der Waals surface area contributed by atoms with E-state index in [1.165, 1.54) is 0 Å². The van der Waals surface area contributed by atoms with Crippen molar-refractivity contribution in [1.82, 2.24) is 15.5 Å². The SMILES string of the molecule is CC(C)NCCCc1nc(-c2ccco2)no1. The maximum Gasteiger partial charge on any atom is 0.238 e. The second kappa shape index (κ2) is 5.63. The predicted octanol–water partition coefficient (Wildman–Crippen LogP) is 2.26. The molecule has 0 saturated heterocycles. The van der Waals surface area contributed by atoms with E-state index in [2.05, 4.69) is 29.3 Å². The summed E-state index contributed by atoms with van der Waals surface area (Å²) in [6, 6.07) is 4.13. The van der Waals surface area contributed by atoms with Crippen molar-refractivity contribution in [2.45, 2.75) is 32.7 Å². The number of aromatic nitrogens is 2. The van der Waals surface area contributed by atoms with Gasteiger partial charge in [0.1, 0.15) is 0 Å². The number of hydrogen-bond acceptors (Lipinski definition) is 5. The highest BCUT2D eigenvalue weighted by Gasteiger charge is 2.10. The molecule has 92 valence electrons. The van der Waals surface area contributed by atoms with Gasteiger partial charge >= 0.3 is 0 Å². The first kappa shape index (κ1) is 11.9. The van der Waals surface area contributed by atoms with Crippen LogP contribution in [0.15, 0.2) is 27.3 Å². The number of nitrogens with one attached hydrogen (secondary N) is 1. The Morgan fingerprint density at radius 2 is 2.29 bits per heavy atom. The van der Waals surface area contributed by atoms with Crippen molar-refractivity contribution < 1.29 is 8.94 Å². The summed E-state index contributed by atoms with van der Waals surface area (Å²) in [5.41, 5.74) is 0. The first-order valence-electron chi connectivity index (χ1n) is 5.85. The van der Waals surface area contributed by atoms with Gasteiger partial charge in [-0.15, -0.1) is 0 Å². The van der Waals surface area contributed by atoms with E-state index in [0.29, 0.717) is 23.5 Å². The molecule has 2 aromatic rings. The minimum absolute atomic E-state index is 0.511. The Morgan fingerprint density at radius 1 is 1.41 bits per heavy atom. The molecule has 5 heteroatoms. The second-order valence-electron chi connectivity index (χ2n) is 4.20. The molecule has 0 atom stereocenters. The van der Waals surface area contributed by atoms with Gasteiger partial charge in [-0.1, -0.05) is 19.0 Å². The van der Waals surface area contributed by atoms with Gasteiger partial charge in [0.25, 0.3) is 0 Å². The number of aryl methyl sites for hydroxylation is 1. The van der Waals surface area contributed by atoms with Crippen LogP contribution in [-0.2, 0) is 6.42 Å². The van der Waals surface area contributed by atoms with Gasteiger partial charge in [0.15, 0.2) is 5.76 Å². The zero-order valence-electron chi connectivity index (χ0n) is 10.1. The minimum Gasteiger partial charge on any atom is -0.461 e. The van der Waals surface area contributed by atoms with Crippen LogP contribution in [-0.4, -0.2) is 22.7 Å². The lowest BCUT2D eigenvalue weighted by Crippen LogP contribution is -2.23. The highest BCUT2D eigenvalue weighted by Crippen LogP contribution is 2.15. The van der Waals surface area contributed by atoms with Gasteiger partial charge in [-0.2, -0.15) is 4.98 Å². The molecule has 0 saturated carbocycles. The lowest BCUT2D eigenvalue weighted by atomic mass is 10.3. The average molecular weight is 235 g/mol. The van der Waals surface area contributed by atoms with Crippen LogP contribution in [0, 0.1) is 0 Å². The maximum atomic E-state index is 5.19. The Morgan fingerprint density at radius 3 is 3.00 bits per heavy atom. The highest BCUT2D eigenvalue weighted by atomic mass is 16.5. The van der Waals surface area contributed by atoms with Crippen molar-refractivity contribution in [2.75, 3.05) is 6.54 Å². The predicted molar refractivity (Wildman–Crippen MR) is 63.5 cm³/mol. The van der Waals surface area contributed by atoms with Gasteiger partial charge in [-0.05, 0) is 25.1 Å². The fourth-order valence-electron chi connectivity index (χ4n) is 1.49. The molecule has 0 fully saturated rings. The summed E-state index contributed by atoms with van der Waals surface area (Å²) in [6.45, 7) is 5.21. The molecule has 0 bridgehead atoms. The van der Waals surface area contributed by atoms with Crippen molar-refractivity contribution in [3.8, 4) is 11.6 Å². The van der Waals surface area contributed by atoms with Gasteiger partial charge in [-0.25, -0.2) is 0 Å². The molecular formula is C12H17N3O2. The fraction of sp³-hybridized carbons (Fsp3) is 0.500. The molecule has 17 heavy (non-hydrogen) atoms. The van der Waals surface area contributed by atoms with Crippen molar-refractivity contribution in [3.63, 3.8) is 0 Å². The van der Waals surface area contributed by atoms with E-state index in [9.17, 15) is 0 Å². The van der Waals surface area contributed by atoms with E-state index >= 15 is 0 Å². The van der Waals surface area contributed by atoms with Gasteiger partial charge in [0.05, 0.1) is 6.26 Å². The van der Waals surface area contributed by atoms with Gasteiger partial charge in [0.2, 0.25) is 11.7 Å². The highest BCUT2D eigenvalue weighted by molar-refractivity contribution is 5.44. The summed E-state index contributed by atoms with van der Waals surface area (Å²) < 4.78 is 10.3. The molecule has 0 spiro atoms. The minimum atomic E-state index is 0.511. The largest absolute Gasteiger partial charge is 0.461 e. The molecule has 5 nitrogen and oxygen atoms in total. The standard InChI is InChI=1S/C12H17N3O2/c1-9(2)13-7-3-6-11-14-12(15-17-11)10-5-4-8-16-10/h4-5,8-9,13H,3,6-7H2,1-2H3. The van der Waals surface area contributed by atoms with Gasteiger partial charge in [-0.3, -0.25) is 0 Å². The van der Waals surface area contributed by atoms with Crippen LogP contribution in [0.2, 0.25) is 0 Å². The molecule has 0 aliphatic carbocycles. The van der Waals surface area contributed by atoms with Crippen LogP contribution in [0.1, 0.15) is 26.2 Å². The van der Waals surface area contributed by atoms with E-state index in [4.69, 9.17) is 8.94 Å². The molecule has 0 aliphatic rings. The molecular weight excluding hydrogens is 218 g/mol. The monoisotopic (exact) mass is 235 g/mol. The van der Waals surface area contributed by atoms with Crippen LogP contribution in [0.4, 0.5) is 0 Å². The van der Waals surface area contributed by atoms with Crippen molar-refractivity contribution in [1.29, 1.82) is 0 Å². The molecule has 1 N–H and O–H groups in total. The van der Waals surface area contributed by atoms with Crippen LogP contribution in [0.25, 0.3) is 11.6 Å². The fourth-order valence-corrected chi connectivity index (χ4v) is 1.49. The average Bonchev–Trinajstić information content (AvgIpc) is 2.94. The quantitative estimate of drug-likeness (QED) is 0.778. The van der Waals surface area contributed by atoms with Crippen molar-refractivity contribution in [3.05, 3.63) is 24.3 Å². The molecule has 2 aromatic heterocycles. The van der Waals surface area contributed by atoms with Crippen LogP contribution in [0.5, 0.6) is 0 Å². The lowest BCUT2D eigenvalue weighted by molar-refractivity contribution is 0.373. The Kier molecular flexibility index (Phi) is 3.93. The van der Waals surface area contributed by atoms with E-state index < -0.39 is 0 Å². The van der Waals surface area contributed by atoms with Crippen molar-refractivity contribution in [2.24, 2.45) is 0 Å². The van der Waals surface area contributed by atoms with Crippen LogP contribution < -0.4 is 5.32 Å². The number of hydrogen-bond donors (Lipinski definition) is 1. The van der Waals surface area contributed by atoms with E-state index in [-0.39, 0.29) is 0 Å². The van der Waals surface area contributed by atoms with E-state index in [0.717, 1.165) is 19.4 Å². The normalized spacial score (nSPS) is 11.2. The first-order chi connectivity index (χ1) is 8.25. The summed E-state index contributed by atoms with van der Waals surface area (Å²) in [7, 11) is 0. The Bertz CT molecular complexity index is 434. The second-order valence-corrected chi connectivity index (χ2v) is 4.20. The lowest BCUT2D eigenvalue weighted by Gasteiger charge is -2.05. The molecule has 0 unspecified atom stereocenters. The Balaban J connectivity index is 1.83. The smallest absolute Gasteiger partial charge is 0.238 e. The van der Waals surface area contributed by atoms with Crippen molar-refractivity contribution >= 4 is 0 Å². The number of rotatable bonds is 6. The number of furan rings is 1. The molecule has 0 aliphatic heterocycles. The zero-order valence-corrected chi connectivity index (χ0v) is 10.1. The van der Waals surface area contributed by atoms with E-state index in [1.54, 1.807) is 12.3 Å². The first-order valence-corrected chi connectivity index (χ1v) is 5.85. The third kappa shape index (κ3) is 3.42. The third-order valence-electron chi connectivity index (χ3n) is 2.33. The molecule has 0 aromatic carbocycles. The van der Waals surface area contributed by atoms with E-state index in [1.807, 2.05) is 6.07 Å². The summed E-state index contributed by atoms with van der Waals surface area (Å²) >= 11 is 0. The summed E-state index contributed by atoms with van der Waals surface area (Å²) in [6.07, 6.45) is 3.36. The van der Waals surface area contributed by atoms with Crippen LogP contribution >= 0.6 is 0 Å². The number of nitrogens with zero attached hydrogens (tertiary/aromatic N) is 2. The maximum absolute atomic E-state index is 5.19.